The van der Waals surface area contributed by atoms with Gasteiger partial charge in [0.15, 0.2) is 0 Å². The summed E-state index contributed by atoms with van der Waals surface area (Å²) in [6.07, 6.45) is 0.912. The van der Waals surface area contributed by atoms with Crippen LogP contribution in [0, 0.1) is 0 Å². The van der Waals surface area contributed by atoms with E-state index in [4.69, 9.17) is 14.2 Å². The van der Waals surface area contributed by atoms with Crippen molar-refractivity contribution in [2.24, 2.45) is 0 Å². The van der Waals surface area contributed by atoms with Crippen molar-refractivity contribution < 1.29 is 14.2 Å². The minimum atomic E-state index is 0.559. The van der Waals surface area contributed by atoms with Gasteiger partial charge in [0.05, 0.1) is 13.2 Å². The number of anilines is 1. The van der Waals surface area contributed by atoms with Gasteiger partial charge in [0.25, 0.3) is 0 Å². The van der Waals surface area contributed by atoms with Crippen LogP contribution in [0.25, 0.3) is 0 Å². The molecule has 0 bridgehead atoms. The Bertz CT molecular complexity index is 802. The van der Waals surface area contributed by atoms with Crippen molar-refractivity contribution in [3.8, 4) is 11.5 Å². The number of nitrogens with one attached hydrogen (secondary N) is 1. The third kappa shape index (κ3) is 6.63. The van der Waals surface area contributed by atoms with Crippen LogP contribution in [-0.2, 0) is 17.7 Å². The summed E-state index contributed by atoms with van der Waals surface area (Å²) < 4.78 is 16.4. The van der Waals surface area contributed by atoms with Gasteiger partial charge in [0.2, 0.25) is 0 Å². The Hall–Kier alpha value is -2.98. The zero-order valence-electron chi connectivity index (χ0n) is 16.3. The van der Waals surface area contributed by atoms with Crippen LogP contribution in [-0.4, -0.2) is 26.9 Å². The van der Waals surface area contributed by atoms with Gasteiger partial charge in [-0.25, -0.2) is 0 Å². The van der Waals surface area contributed by atoms with Crippen LogP contribution in [0.3, 0.4) is 0 Å². The second kappa shape index (κ2) is 11.0. The van der Waals surface area contributed by atoms with E-state index in [0.29, 0.717) is 19.8 Å². The van der Waals surface area contributed by atoms with Crippen molar-refractivity contribution in [2.45, 2.75) is 13.0 Å². The fourth-order valence-electron chi connectivity index (χ4n) is 2.75. The van der Waals surface area contributed by atoms with Crippen molar-refractivity contribution in [3.05, 3.63) is 90.0 Å². The van der Waals surface area contributed by atoms with E-state index in [2.05, 4.69) is 41.7 Å². The molecular weight excluding hydrogens is 350 g/mol. The maximum absolute atomic E-state index is 5.84. The van der Waals surface area contributed by atoms with Crippen molar-refractivity contribution in [2.75, 3.05) is 32.2 Å². The Morgan fingerprint density at radius 1 is 0.643 bits per heavy atom. The smallest absolute Gasteiger partial charge is 0.119 e. The van der Waals surface area contributed by atoms with Gasteiger partial charge in [-0.3, -0.25) is 0 Å². The molecule has 0 heterocycles. The van der Waals surface area contributed by atoms with Gasteiger partial charge in [-0.05, 0) is 47.5 Å². The van der Waals surface area contributed by atoms with E-state index in [0.717, 1.165) is 30.2 Å². The average Bonchev–Trinajstić information content (AvgIpc) is 2.75. The Labute approximate surface area is 167 Å². The van der Waals surface area contributed by atoms with Crippen molar-refractivity contribution >= 4 is 5.69 Å². The minimum absolute atomic E-state index is 0.559. The molecule has 146 valence electrons. The largest absolute Gasteiger partial charge is 0.493 e. The molecule has 0 saturated heterocycles. The number of benzene rings is 3. The molecule has 0 amide bonds. The first kappa shape index (κ1) is 19.8. The van der Waals surface area contributed by atoms with Crippen LogP contribution in [0.5, 0.6) is 11.5 Å². The SMILES string of the molecule is COCCOc1ccc(NCc2ccc(OCCc3ccccc3)cc2)cc1. The van der Waals surface area contributed by atoms with Gasteiger partial charge in [0.1, 0.15) is 18.1 Å². The Morgan fingerprint density at radius 2 is 1.29 bits per heavy atom. The molecule has 0 unspecified atom stereocenters. The van der Waals surface area contributed by atoms with E-state index in [-0.39, 0.29) is 0 Å². The molecule has 0 aliphatic heterocycles. The van der Waals surface area contributed by atoms with Gasteiger partial charge in [0, 0.05) is 25.8 Å². The van der Waals surface area contributed by atoms with E-state index in [9.17, 15) is 0 Å². The van der Waals surface area contributed by atoms with Crippen LogP contribution in [0.15, 0.2) is 78.9 Å². The van der Waals surface area contributed by atoms with E-state index in [1.165, 1.54) is 11.1 Å². The van der Waals surface area contributed by atoms with E-state index in [1.54, 1.807) is 7.11 Å². The zero-order chi connectivity index (χ0) is 19.4. The quantitative estimate of drug-likeness (QED) is 0.480. The molecule has 3 rings (SSSR count). The topological polar surface area (TPSA) is 39.7 Å². The molecule has 3 aromatic carbocycles. The number of ether oxygens (including phenoxy) is 3. The molecule has 0 radical (unpaired) electrons. The standard InChI is InChI=1S/C24H27NO3/c1-26-17-18-28-24-13-9-22(10-14-24)25-19-21-7-11-23(12-8-21)27-16-15-20-5-3-2-4-6-20/h2-14,25H,15-19H2,1H3. The van der Waals surface area contributed by atoms with Crippen molar-refractivity contribution in [3.63, 3.8) is 0 Å². The lowest BCUT2D eigenvalue weighted by Gasteiger charge is -2.10. The first-order chi connectivity index (χ1) is 13.8. The number of hydrogen-bond acceptors (Lipinski definition) is 4. The van der Waals surface area contributed by atoms with E-state index >= 15 is 0 Å². The van der Waals surface area contributed by atoms with Gasteiger partial charge in [-0.2, -0.15) is 0 Å². The molecule has 0 spiro atoms. The van der Waals surface area contributed by atoms with Gasteiger partial charge >= 0.3 is 0 Å². The fraction of sp³-hybridized carbons (Fsp3) is 0.250. The summed E-state index contributed by atoms with van der Waals surface area (Å²) in [6.45, 7) is 2.59. The molecule has 1 N–H and O–H groups in total. The Morgan fingerprint density at radius 3 is 1.96 bits per heavy atom. The van der Waals surface area contributed by atoms with Gasteiger partial charge in [-0.1, -0.05) is 42.5 Å². The third-order valence-electron chi connectivity index (χ3n) is 4.33. The number of hydrogen-bond donors (Lipinski definition) is 1. The molecule has 0 atom stereocenters. The summed E-state index contributed by atoms with van der Waals surface area (Å²) in [5, 5.41) is 3.42. The predicted octanol–water partition coefficient (Wildman–Crippen LogP) is 4.95. The van der Waals surface area contributed by atoms with E-state index in [1.807, 2.05) is 42.5 Å². The molecule has 4 heteroatoms. The summed E-state index contributed by atoms with van der Waals surface area (Å²) in [7, 11) is 1.67. The van der Waals surface area contributed by atoms with Crippen molar-refractivity contribution in [1.82, 2.24) is 0 Å². The van der Waals surface area contributed by atoms with Crippen LogP contribution >= 0.6 is 0 Å². The molecule has 0 aliphatic carbocycles. The first-order valence-electron chi connectivity index (χ1n) is 9.55. The van der Waals surface area contributed by atoms with Crippen LogP contribution in [0.2, 0.25) is 0 Å². The summed E-state index contributed by atoms with van der Waals surface area (Å²) in [6, 6.07) is 26.6. The van der Waals surface area contributed by atoms with Crippen molar-refractivity contribution in [1.29, 1.82) is 0 Å². The monoisotopic (exact) mass is 377 g/mol. The predicted molar refractivity (Wildman–Crippen MR) is 113 cm³/mol. The Balaban J connectivity index is 1.40. The molecule has 0 aromatic heterocycles. The highest BCUT2D eigenvalue weighted by Gasteiger charge is 1.99. The second-order valence-corrected chi connectivity index (χ2v) is 6.45. The summed E-state index contributed by atoms with van der Waals surface area (Å²) >= 11 is 0. The summed E-state index contributed by atoms with van der Waals surface area (Å²) in [4.78, 5) is 0. The lowest BCUT2D eigenvalue weighted by atomic mass is 10.2. The maximum Gasteiger partial charge on any atom is 0.119 e. The summed E-state index contributed by atoms with van der Waals surface area (Å²) in [5.41, 5.74) is 3.55. The number of rotatable bonds is 11. The highest BCUT2D eigenvalue weighted by molar-refractivity contribution is 5.47. The third-order valence-corrected chi connectivity index (χ3v) is 4.33. The lowest BCUT2D eigenvalue weighted by Crippen LogP contribution is -2.04. The highest BCUT2D eigenvalue weighted by atomic mass is 16.5. The average molecular weight is 377 g/mol. The minimum Gasteiger partial charge on any atom is -0.493 e. The van der Waals surface area contributed by atoms with Crippen LogP contribution in [0.1, 0.15) is 11.1 Å². The molecule has 3 aromatic rings. The summed E-state index contributed by atoms with van der Waals surface area (Å²) in [5.74, 6) is 1.75. The lowest BCUT2D eigenvalue weighted by molar-refractivity contribution is 0.146. The highest BCUT2D eigenvalue weighted by Crippen LogP contribution is 2.18. The van der Waals surface area contributed by atoms with Crippen LogP contribution < -0.4 is 14.8 Å². The second-order valence-electron chi connectivity index (χ2n) is 6.45. The van der Waals surface area contributed by atoms with Gasteiger partial charge in [-0.15, -0.1) is 0 Å². The number of methoxy groups -OCH3 is 1. The zero-order valence-corrected chi connectivity index (χ0v) is 16.3. The Kier molecular flexibility index (Phi) is 7.77. The molecule has 4 nitrogen and oxygen atoms in total. The fourth-order valence-corrected chi connectivity index (χ4v) is 2.75. The first-order valence-corrected chi connectivity index (χ1v) is 9.55. The van der Waals surface area contributed by atoms with Gasteiger partial charge < -0.3 is 19.5 Å². The van der Waals surface area contributed by atoms with E-state index < -0.39 is 0 Å². The molecule has 0 saturated carbocycles. The normalized spacial score (nSPS) is 10.5. The van der Waals surface area contributed by atoms with Crippen LogP contribution in [0.4, 0.5) is 5.69 Å². The molecule has 0 fully saturated rings. The molecule has 0 aliphatic rings. The molecule has 28 heavy (non-hydrogen) atoms. The molecular formula is C24H27NO3. The maximum atomic E-state index is 5.84.